The van der Waals surface area contributed by atoms with Gasteiger partial charge in [0.1, 0.15) is 28.8 Å². The molecule has 0 spiro atoms. The van der Waals surface area contributed by atoms with Gasteiger partial charge in [-0.1, -0.05) is 0 Å². The molecule has 0 bridgehead atoms. The number of nitrogens with two attached hydrogens (primary N) is 1. The summed E-state index contributed by atoms with van der Waals surface area (Å²) in [6.07, 6.45) is 4.01. The van der Waals surface area contributed by atoms with E-state index < -0.39 is 22.4 Å². The van der Waals surface area contributed by atoms with E-state index in [-0.39, 0.29) is 35.1 Å². The standard InChI is InChI=1S/C17H15N7O5/c1-2-29-17-11(6-10(8-20-17)24(27)28)16(26)21-13-12(9-4-3-5-19-7-9)22-23-14(13)15(18)25/h3-8H,2H2,1H3,(H2,18,25)(H,21,26)(H,22,23). The number of hydrogen-bond acceptors (Lipinski definition) is 8. The Labute approximate surface area is 163 Å². The number of carbonyl (C=O) groups excluding carboxylic acids is 2. The zero-order valence-corrected chi connectivity index (χ0v) is 15.1. The summed E-state index contributed by atoms with van der Waals surface area (Å²) in [5.41, 5.74) is 5.36. The number of primary amides is 1. The number of rotatable bonds is 7. The van der Waals surface area contributed by atoms with Gasteiger partial charge in [-0.2, -0.15) is 5.10 Å². The molecular weight excluding hydrogens is 382 g/mol. The number of nitrogens with zero attached hydrogens (tertiary/aromatic N) is 4. The lowest BCUT2D eigenvalue weighted by molar-refractivity contribution is -0.385. The van der Waals surface area contributed by atoms with Gasteiger partial charge in [-0.05, 0) is 19.1 Å². The molecule has 3 rings (SSSR count). The van der Waals surface area contributed by atoms with E-state index in [1.54, 1.807) is 25.3 Å². The fourth-order valence-corrected chi connectivity index (χ4v) is 2.49. The lowest BCUT2D eigenvalue weighted by Gasteiger charge is -2.10. The van der Waals surface area contributed by atoms with E-state index >= 15 is 0 Å². The normalized spacial score (nSPS) is 10.4. The molecule has 3 heterocycles. The summed E-state index contributed by atoms with van der Waals surface area (Å²) in [7, 11) is 0. The number of pyridine rings is 2. The van der Waals surface area contributed by atoms with Crippen LogP contribution in [0.2, 0.25) is 0 Å². The lowest BCUT2D eigenvalue weighted by Crippen LogP contribution is -2.19. The first-order valence-corrected chi connectivity index (χ1v) is 8.29. The van der Waals surface area contributed by atoms with Crippen molar-refractivity contribution in [2.45, 2.75) is 6.92 Å². The first-order chi connectivity index (χ1) is 13.9. The molecule has 0 saturated carbocycles. The van der Waals surface area contributed by atoms with Crippen LogP contribution in [0, 0.1) is 10.1 Å². The van der Waals surface area contributed by atoms with E-state index in [9.17, 15) is 19.7 Å². The van der Waals surface area contributed by atoms with Gasteiger partial charge in [0.25, 0.3) is 17.5 Å². The molecule has 0 unspecified atom stereocenters. The predicted molar refractivity (Wildman–Crippen MR) is 100 cm³/mol. The number of aromatic nitrogens is 4. The highest BCUT2D eigenvalue weighted by Crippen LogP contribution is 2.30. The second-order valence-electron chi connectivity index (χ2n) is 5.62. The van der Waals surface area contributed by atoms with Gasteiger partial charge in [0, 0.05) is 24.0 Å². The molecule has 4 N–H and O–H groups in total. The van der Waals surface area contributed by atoms with Crippen LogP contribution in [0.25, 0.3) is 11.3 Å². The Morgan fingerprint density at radius 1 is 1.38 bits per heavy atom. The first kappa shape index (κ1) is 19.4. The van der Waals surface area contributed by atoms with Crippen LogP contribution in [0.5, 0.6) is 5.88 Å². The quantitative estimate of drug-likeness (QED) is 0.396. The van der Waals surface area contributed by atoms with Gasteiger partial charge in [-0.25, -0.2) is 4.98 Å². The van der Waals surface area contributed by atoms with Crippen molar-refractivity contribution >= 4 is 23.2 Å². The van der Waals surface area contributed by atoms with Gasteiger partial charge in [0.05, 0.1) is 11.5 Å². The maximum Gasteiger partial charge on any atom is 0.288 e. The molecule has 0 fully saturated rings. The largest absolute Gasteiger partial charge is 0.477 e. The molecule has 3 aromatic rings. The van der Waals surface area contributed by atoms with Gasteiger partial charge >= 0.3 is 0 Å². The molecule has 0 aliphatic heterocycles. The van der Waals surface area contributed by atoms with Crippen molar-refractivity contribution in [1.82, 2.24) is 20.2 Å². The number of aromatic amines is 1. The van der Waals surface area contributed by atoms with Gasteiger partial charge in [0.2, 0.25) is 5.88 Å². The number of anilines is 1. The summed E-state index contributed by atoms with van der Waals surface area (Å²) >= 11 is 0. The topological polar surface area (TPSA) is 179 Å². The average molecular weight is 397 g/mol. The highest BCUT2D eigenvalue weighted by atomic mass is 16.6. The van der Waals surface area contributed by atoms with Crippen LogP contribution in [0.4, 0.5) is 11.4 Å². The van der Waals surface area contributed by atoms with Crippen molar-refractivity contribution in [2.75, 3.05) is 11.9 Å². The summed E-state index contributed by atoms with van der Waals surface area (Å²) < 4.78 is 5.29. The highest BCUT2D eigenvalue weighted by molar-refractivity contribution is 6.11. The van der Waals surface area contributed by atoms with Crippen LogP contribution >= 0.6 is 0 Å². The Hall–Kier alpha value is -4.35. The van der Waals surface area contributed by atoms with E-state index in [4.69, 9.17) is 10.5 Å². The van der Waals surface area contributed by atoms with Crippen LogP contribution in [0.1, 0.15) is 27.8 Å². The van der Waals surface area contributed by atoms with Gasteiger partial charge in [0.15, 0.2) is 0 Å². The predicted octanol–water partition coefficient (Wildman–Crippen LogP) is 1.52. The molecule has 0 radical (unpaired) electrons. The van der Waals surface area contributed by atoms with E-state index in [1.807, 2.05) is 0 Å². The Balaban J connectivity index is 2.05. The minimum atomic E-state index is -0.856. The maximum absolute atomic E-state index is 12.9. The van der Waals surface area contributed by atoms with Crippen LogP contribution in [-0.4, -0.2) is 43.5 Å². The molecule has 0 aliphatic carbocycles. The molecule has 0 atom stereocenters. The number of amides is 2. The van der Waals surface area contributed by atoms with Crippen LogP contribution in [0.3, 0.4) is 0 Å². The average Bonchev–Trinajstić information content (AvgIpc) is 3.12. The van der Waals surface area contributed by atoms with E-state index in [0.29, 0.717) is 5.56 Å². The van der Waals surface area contributed by atoms with Crippen LogP contribution in [0.15, 0.2) is 36.8 Å². The van der Waals surface area contributed by atoms with E-state index in [2.05, 4.69) is 25.5 Å². The Bertz CT molecular complexity index is 1080. The second kappa shape index (κ2) is 8.12. The number of H-pyrrole nitrogens is 1. The number of hydrogen-bond donors (Lipinski definition) is 3. The highest BCUT2D eigenvalue weighted by Gasteiger charge is 2.25. The third-order valence-electron chi connectivity index (χ3n) is 3.76. The number of carbonyl (C=O) groups is 2. The molecule has 12 heteroatoms. The molecule has 12 nitrogen and oxygen atoms in total. The Kier molecular flexibility index (Phi) is 5.44. The molecule has 0 aromatic carbocycles. The van der Waals surface area contributed by atoms with Gasteiger partial charge in [-0.3, -0.25) is 29.8 Å². The molecular formula is C17H15N7O5. The molecule has 0 aliphatic rings. The number of nitro groups is 1. The fourth-order valence-electron chi connectivity index (χ4n) is 2.49. The number of ether oxygens (including phenoxy) is 1. The zero-order valence-electron chi connectivity index (χ0n) is 15.1. The summed E-state index contributed by atoms with van der Waals surface area (Å²) in [4.78, 5) is 42.8. The summed E-state index contributed by atoms with van der Waals surface area (Å²) in [6, 6.07) is 4.35. The lowest BCUT2D eigenvalue weighted by atomic mass is 10.1. The summed E-state index contributed by atoms with van der Waals surface area (Å²) in [5, 5.41) is 20.1. The third-order valence-corrected chi connectivity index (χ3v) is 3.76. The van der Waals surface area contributed by atoms with Crippen molar-refractivity contribution in [3.63, 3.8) is 0 Å². The smallest absolute Gasteiger partial charge is 0.288 e. The van der Waals surface area contributed by atoms with E-state index in [0.717, 1.165) is 12.3 Å². The van der Waals surface area contributed by atoms with Crippen LogP contribution < -0.4 is 15.8 Å². The van der Waals surface area contributed by atoms with Gasteiger partial charge < -0.3 is 15.8 Å². The first-order valence-electron chi connectivity index (χ1n) is 8.29. The SMILES string of the molecule is CCOc1ncc([N+](=O)[O-])cc1C(=O)Nc1c(-c2cccnc2)n[nH]c1C(N)=O. The van der Waals surface area contributed by atoms with Crippen molar-refractivity contribution in [3.05, 3.63) is 58.2 Å². The second-order valence-corrected chi connectivity index (χ2v) is 5.62. The van der Waals surface area contributed by atoms with Crippen LogP contribution in [-0.2, 0) is 0 Å². The van der Waals surface area contributed by atoms with Gasteiger partial charge in [-0.15, -0.1) is 0 Å². The molecule has 3 aromatic heterocycles. The molecule has 148 valence electrons. The molecule has 0 saturated heterocycles. The van der Waals surface area contributed by atoms with E-state index in [1.165, 1.54) is 6.20 Å². The summed E-state index contributed by atoms with van der Waals surface area (Å²) in [6.45, 7) is 1.86. The van der Waals surface area contributed by atoms with Crippen molar-refractivity contribution in [3.8, 4) is 17.1 Å². The zero-order chi connectivity index (χ0) is 21.0. The maximum atomic E-state index is 12.9. The third kappa shape index (κ3) is 4.00. The summed E-state index contributed by atoms with van der Waals surface area (Å²) in [5.74, 6) is -1.74. The Morgan fingerprint density at radius 3 is 2.79 bits per heavy atom. The minimum Gasteiger partial charge on any atom is -0.477 e. The molecule has 29 heavy (non-hydrogen) atoms. The molecule has 2 amide bonds. The van der Waals surface area contributed by atoms with Crippen molar-refractivity contribution in [2.24, 2.45) is 5.73 Å². The number of nitrogens with one attached hydrogen (secondary N) is 2. The monoisotopic (exact) mass is 397 g/mol. The van der Waals surface area contributed by atoms with Crippen molar-refractivity contribution in [1.29, 1.82) is 0 Å². The van der Waals surface area contributed by atoms with Crippen molar-refractivity contribution < 1.29 is 19.2 Å². The Morgan fingerprint density at radius 2 is 2.17 bits per heavy atom. The minimum absolute atomic E-state index is 0.00412. The fraction of sp³-hybridized carbons (Fsp3) is 0.118.